The Hall–Kier alpha value is -4.21. The molecule has 5 rings (SSSR count). The second-order valence-corrected chi connectivity index (χ2v) is 11.2. The number of aryl methyl sites for hydroxylation is 1. The van der Waals surface area contributed by atoms with E-state index in [1.165, 1.54) is 13.1 Å². The van der Waals surface area contributed by atoms with Gasteiger partial charge in [0.1, 0.15) is 17.3 Å². The van der Waals surface area contributed by atoms with Crippen LogP contribution >= 0.6 is 0 Å². The van der Waals surface area contributed by atoms with Crippen LogP contribution in [0.2, 0.25) is 0 Å². The maximum absolute atomic E-state index is 13.4. The number of imidazole rings is 2. The summed E-state index contributed by atoms with van der Waals surface area (Å²) in [6.45, 7) is 0. The van der Waals surface area contributed by atoms with Gasteiger partial charge in [0.05, 0.1) is 41.5 Å². The van der Waals surface area contributed by atoms with Crippen molar-refractivity contribution in [3.05, 3.63) is 42.6 Å². The molecule has 1 amide bonds. The third-order valence-corrected chi connectivity index (χ3v) is 7.48. The number of aromatic amines is 1. The predicted molar refractivity (Wildman–Crippen MR) is 136 cm³/mol. The van der Waals surface area contributed by atoms with Crippen molar-refractivity contribution in [2.45, 2.75) is 18.8 Å². The maximum Gasteiger partial charge on any atom is 0.295 e. The zero-order valence-electron chi connectivity index (χ0n) is 20.7. The molecule has 0 aliphatic heterocycles. The van der Waals surface area contributed by atoms with Gasteiger partial charge in [-0.15, -0.1) is 0 Å². The quantitative estimate of drug-likeness (QED) is 0.274. The number of halogens is 4. The van der Waals surface area contributed by atoms with E-state index in [1.807, 2.05) is 0 Å². The van der Waals surface area contributed by atoms with Gasteiger partial charge in [-0.05, 0) is 12.1 Å². The Bertz CT molecular complexity index is 1700. The molecule has 1 atom stereocenters. The standard InChI is InChI=1S/C23H22F4N8O3S/c1-34-10-28-9-16(34)11-4-5-13(15(6-11)35(2)39(3,37)38)29-14-7-17(31-22(36)12-8-23(12,26)27)30-20-18(14)32-21(33-20)19(24)25/h4-7,9-10,12,19H,8H2,1-3H3,(H3,29,30,31,32,33,36)/t12-/m0/s1. The van der Waals surface area contributed by atoms with E-state index >= 15 is 0 Å². The van der Waals surface area contributed by atoms with Crippen LogP contribution in [0.1, 0.15) is 18.7 Å². The molecule has 3 N–H and O–H groups in total. The minimum Gasteiger partial charge on any atom is -0.352 e. The van der Waals surface area contributed by atoms with Crippen molar-refractivity contribution in [3.8, 4) is 11.3 Å². The van der Waals surface area contributed by atoms with Gasteiger partial charge in [0.2, 0.25) is 15.9 Å². The number of carbonyl (C=O) groups excluding carboxylic acids is 1. The number of amides is 1. The van der Waals surface area contributed by atoms with Crippen molar-refractivity contribution in [1.29, 1.82) is 0 Å². The molecule has 1 aliphatic rings. The molecule has 4 aromatic rings. The van der Waals surface area contributed by atoms with Gasteiger partial charge < -0.3 is 20.2 Å². The van der Waals surface area contributed by atoms with E-state index in [-0.39, 0.29) is 34.0 Å². The van der Waals surface area contributed by atoms with Crippen LogP contribution in [0.5, 0.6) is 0 Å². The Morgan fingerprint density at radius 1 is 1.23 bits per heavy atom. The highest BCUT2D eigenvalue weighted by Crippen LogP contribution is 2.49. The number of aromatic nitrogens is 5. The van der Waals surface area contributed by atoms with Gasteiger partial charge >= 0.3 is 0 Å². The molecule has 1 fully saturated rings. The minimum atomic E-state index is -3.74. The molecule has 206 valence electrons. The monoisotopic (exact) mass is 566 g/mol. The maximum atomic E-state index is 13.4. The molecule has 11 nitrogen and oxygen atoms in total. The molecule has 3 heterocycles. The van der Waals surface area contributed by atoms with Crippen molar-refractivity contribution in [1.82, 2.24) is 24.5 Å². The number of alkyl halides is 4. The zero-order valence-corrected chi connectivity index (χ0v) is 21.5. The highest BCUT2D eigenvalue weighted by Gasteiger charge is 2.61. The van der Waals surface area contributed by atoms with E-state index < -0.39 is 46.4 Å². The molecular formula is C23H22F4N8O3S. The number of nitrogens with zero attached hydrogens (tertiary/aromatic N) is 5. The Labute approximate surface area is 219 Å². The Morgan fingerprint density at radius 3 is 2.54 bits per heavy atom. The summed E-state index contributed by atoms with van der Waals surface area (Å²) in [5.41, 5.74) is 1.68. The number of H-pyrrole nitrogens is 1. The van der Waals surface area contributed by atoms with Crippen molar-refractivity contribution in [3.63, 3.8) is 0 Å². The Kier molecular flexibility index (Phi) is 6.24. The van der Waals surface area contributed by atoms with Crippen molar-refractivity contribution in [2.75, 3.05) is 28.2 Å². The number of sulfonamides is 1. The lowest BCUT2D eigenvalue weighted by atomic mass is 10.1. The third kappa shape index (κ3) is 5.10. The lowest BCUT2D eigenvalue weighted by Gasteiger charge is -2.22. The summed E-state index contributed by atoms with van der Waals surface area (Å²) in [6.07, 6.45) is 0.631. The first-order valence-corrected chi connectivity index (χ1v) is 13.3. The number of fused-ring (bicyclic) bond motifs is 1. The van der Waals surface area contributed by atoms with E-state index in [4.69, 9.17) is 0 Å². The Morgan fingerprint density at radius 2 is 1.95 bits per heavy atom. The van der Waals surface area contributed by atoms with Crippen LogP contribution in [-0.4, -0.2) is 58.1 Å². The number of nitrogens with one attached hydrogen (secondary N) is 3. The van der Waals surface area contributed by atoms with Crippen LogP contribution in [-0.2, 0) is 21.9 Å². The topological polar surface area (TPSA) is 138 Å². The molecule has 0 radical (unpaired) electrons. The van der Waals surface area contributed by atoms with Crippen LogP contribution < -0.4 is 14.9 Å². The summed E-state index contributed by atoms with van der Waals surface area (Å²) in [5, 5.41) is 5.28. The fraction of sp³-hybridized carbons (Fsp3) is 0.304. The number of hydrogen-bond donors (Lipinski definition) is 3. The average molecular weight is 567 g/mol. The molecule has 1 aromatic carbocycles. The minimum absolute atomic E-state index is 0.0382. The van der Waals surface area contributed by atoms with E-state index in [1.54, 1.807) is 42.3 Å². The molecule has 3 aromatic heterocycles. The first kappa shape index (κ1) is 26.4. The van der Waals surface area contributed by atoms with Gasteiger partial charge in [-0.1, -0.05) is 6.07 Å². The molecule has 1 aliphatic carbocycles. The summed E-state index contributed by atoms with van der Waals surface area (Å²) < 4.78 is 81.3. The van der Waals surface area contributed by atoms with Crippen LogP contribution in [0.15, 0.2) is 36.8 Å². The van der Waals surface area contributed by atoms with Crippen molar-refractivity contribution >= 4 is 50.0 Å². The fourth-order valence-corrected chi connectivity index (χ4v) is 4.51. The molecule has 0 spiro atoms. The zero-order chi connectivity index (χ0) is 28.3. The highest BCUT2D eigenvalue weighted by molar-refractivity contribution is 7.92. The van der Waals surface area contributed by atoms with Gasteiger partial charge in [-0.2, -0.15) is 0 Å². The van der Waals surface area contributed by atoms with Crippen LogP contribution in [0.3, 0.4) is 0 Å². The van der Waals surface area contributed by atoms with Gasteiger partial charge in [-0.3, -0.25) is 9.10 Å². The molecule has 0 saturated heterocycles. The second-order valence-electron chi connectivity index (χ2n) is 9.16. The first-order chi connectivity index (χ1) is 18.2. The number of pyridine rings is 1. The lowest BCUT2D eigenvalue weighted by Crippen LogP contribution is -2.25. The highest BCUT2D eigenvalue weighted by atomic mass is 32.2. The molecule has 0 unspecified atom stereocenters. The number of carbonyl (C=O) groups is 1. The van der Waals surface area contributed by atoms with E-state index in [9.17, 15) is 30.8 Å². The lowest BCUT2D eigenvalue weighted by molar-refractivity contribution is -0.119. The number of rotatable bonds is 8. The summed E-state index contributed by atoms with van der Waals surface area (Å²) in [6, 6.07) is 6.13. The van der Waals surface area contributed by atoms with E-state index in [2.05, 4.69) is 30.6 Å². The molecule has 1 saturated carbocycles. The SMILES string of the molecule is CN(c1cc(-c2cncn2C)ccc1Nc1cc(NC(=O)[C@@H]2CC2(F)F)nc2[nH]c(C(F)F)nc12)S(C)(=O)=O. The number of benzene rings is 1. The first-order valence-electron chi connectivity index (χ1n) is 11.4. The van der Waals surface area contributed by atoms with Gasteiger partial charge in [0.25, 0.3) is 12.3 Å². The summed E-state index contributed by atoms with van der Waals surface area (Å²) in [5.74, 6) is -6.49. The summed E-state index contributed by atoms with van der Waals surface area (Å²) in [4.78, 5) is 26.6. The summed E-state index contributed by atoms with van der Waals surface area (Å²) in [7, 11) is -0.629. The molecular weight excluding hydrogens is 544 g/mol. The smallest absolute Gasteiger partial charge is 0.295 e. The average Bonchev–Trinajstić information content (AvgIpc) is 3.16. The Balaban J connectivity index is 1.60. The van der Waals surface area contributed by atoms with Gasteiger partial charge in [0.15, 0.2) is 11.5 Å². The second kappa shape index (κ2) is 9.21. The third-order valence-electron chi connectivity index (χ3n) is 6.29. The largest absolute Gasteiger partial charge is 0.352 e. The van der Waals surface area contributed by atoms with Crippen LogP contribution in [0.25, 0.3) is 22.4 Å². The number of anilines is 4. The van der Waals surface area contributed by atoms with Crippen LogP contribution in [0.4, 0.5) is 40.4 Å². The fourth-order valence-electron chi connectivity index (χ4n) is 4.00. The van der Waals surface area contributed by atoms with Gasteiger partial charge in [-0.25, -0.2) is 40.9 Å². The predicted octanol–water partition coefficient (Wildman–Crippen LogP) is 4.03. The van der Waals surface area contributed by atoms with E-state index in [0.29, 0.717) is 11.3 Å². The molecule has 16 heteroatoms. The van der Waals surface area contributed by atoms with Crippen molar-refractivity contribution in [2.24, 2.45) is 13.0 Å². The normalized spacial score (nSPS) is 16.5. The summed E-state index contributed by atoms with van der Waals surface area (Å²) >= 11 is 0. The van der Waals surface area contributed by atoms with Crippen LogP contribution in [0, 0.1) is 5.92 Å². The van der Waals surface area contributed by atoms with Gasteiger partial charge in [0, 0.05) is 32.1 Å². The molecule has 39 heavy (non-hydrogen) atoms. The molecule has 0 bridgehead atoms. The number of hydrogen-bond acceptors (Lipinski definition) is 7. The van der Waals surface area contributed by atoms with Crippen molar-refractivity contribution < 1.29 is 30.8 Å². The van der Waals surface area contributed by atoms with E-state index in [0.717, 1.165) is 10.6 Å².